The molecule has 1 atom stereocenters. The first-order valence-corrected chi connectivity index (χ1v) is 6.39. The normalized spacial score (nSPS) is 19.0. The Balaban J connectivity index is 2.07. The van der Waals surface area contributed by atoms with Crippen molar-refractivity contribution in [3.8, 4) is 5.75 Å². The van der Waals surface area contributed by atoms with Gasteiger partial charge in [-0.25, -0.2) is 0 Å². The fraction of sp³-hybridized carbons (Fsp3) is 0.429. The summed E-state index contributed by atoms with van der Waals surface area (Å²) < 4.78 is 5.07. The van der Waals surface area contributed by atoms with Gasteiger partial charge in [0, 0.05) is 24.6 Å². The number of methoxy groups -OCH3 is 1. The molecule has 2 rings (SSSR count). The van der Waals surface area contributed by atoms with E-state index in [2.05, 4.69) is 0 Å². The van der Waals surface area contributed by atoms with Crippen molar-refractivity contribution in [2.45, 2.75) is 12.8 Å². The molecule has 0 spiro atoms. The maximum Gasteiger partial charge on any atom is 0.253 e. The van der Waals surface area contributed by atoms with Crippen LogP contribution in [0.1, 0.15) is 23.2 Å². The number of carbonyl (C=O) groups is 1. The zero-order valence-electron chi connectivity index (χ0n) is 11.1. The number of carbonyl (C=O) groups excluding carboxylic acids is 1. The number of nitrogens with two attached hydrogens (primary N) is 1. The van der Waals surface area contributed by atoms with Crippen LogP contribution in [0.4, 0.5) is 0 Å². The summed E-state index contributed by atoms with van der Waals surface area (Å²) in [5.74, 6) is 0.897. The van der Waals surface area contributed by atoms with Gasteiger partial charge in [0.15, 0.2) is 0 Å². The fourth-order valence-electron chi connectivity index (χ4n) is 2.33. The van der Waals surface area contributed by atoms with Crippen LogP contribution in [0.15, 0.2) is 24.3 Å². The first-order valence-electron chi connectivity index (χ1n) is 6.39. The lowest BCUT2D eigenvalue weighted by molar-refractivity contribution is 0.0702. The molecule has 5 heteroatoms. The van der Waals surface area contributed by atoms with E-state index in [0.29, 0.717) is 12.1 Å². The average molecular weight is 261 g/mol. The van der Waals surface area contributed by atoms with Crippen molar-refractivity contribution in [3.63, 3.8) is 0 Å². The largest absolute Gasteiger partial charge is 0.497 e. The Hall–Kier alpha value is -2.04. The van der Waals surface area contributed by atoms with Gasteiger partial charge in [0.2, 0.25) is 0 Å². The minimum Gasteiger partial charge on any atom is -0.497 e. The van der Waals surface area contributed by atoms with E-state index in [4.69, 9.17) is 15.9 Å². The quantitative estimate of drug-likeness (QED) is 0.639. The van der Waals surface area contributed by atoms with Gasteiger partial charge in [-0.2, -0.15) is 0 Å². The minimum absolute atomic E-state index is 0.00375. The van der Waals surface area contributed by atoms with Crippen molar-refractivity contribution in [2.75, 3.05) is 20.2 Å². The molecule has 0 aliphatic carbocycles. The Bertz CT molecular complexity index is 470. The predicted molar refractivity (Wildman–Crippen MR) is 73.5 cm³/mol. The van der Waals surface area contributed by atoms with E-state index in [9.17, 15) is 4.79 Å². The Kier molecular flexibility index (Phi) is 4.04. The SMILES string of the molecule is COc1ccc(C(=O)N2CCCC(C(=N)N)C2)cc1. The second kappa shape index (κ2) is 5.73. The third kappa shape index (κ3) is 3.05. The van der Waals surface area contributed by atoms with Crippen LogP contribution < -0.4 is 10.5 Å². The molecule has 0 radical (unpaired) electrons. The van der Waals surface area contributed by atoms with Crippen LogP contribution in [-0.2, 0) is 0 Å². The first-order chi connectivity index (χ1) is 9.11. The van der Waals surface area contributed by atoms with E-state index in [1.165, 1.54) is 0 Å². The molecule has 1 unspecified atom stereocenters. The highest BCUT2D eigenvalue weighted by molar-refractivity contribution is 5.94. The molecule has 1 heterocycles. The highest BCUT2D eigenvalue weighted by atomic mass is 16.5. The summed E-state index contributed by atoms with van der Waals surface area (Å²) in [6.07, 6.45) is 1.79. The zero-order valence-corrected chi connectivity index (χ0v) is 11.1. The summed E-state index contributed by atoms with van der Waals surface area (Å²) >= 11 is 0. The molecular weight excluding hydrogens is 242 g/mol. The van der Waals surface area contributed by atoms with E-state index < -0.39 is 0 Å². The van der Waals surface area contributed by atoms with E-state index in [1.54, 1.807) is 36.3 Å². The molecule has 0 bridgehead atoms. The third-order valence-corrected chi connectivity index (χ3v) is 3.49. The molecule has 1 saturated heterocycles. The van der Waals surface area contributed by atoms with Crippen molar-refractivity contribution in [2.24, 2.45) is 11.7 Å². The Morgan fingerprint density at radius 2 is 2.11 bits per heavy atom. The second-order valence-corrected chi connectivity index (χ2v) is 4.77. The van der Waals surface area contributed by atoms with Crippen molar-refractivity contribution in [1.29, 1.82) is 5.41 Å². The van der Waals surface area contributed by atoms with E-state index in [0.717, 1.165) is 25.1 Å². The molecule has 102 valence electrons. The maximum absolute atomic E-state index is 12.3. The number of benzene rings is 1. The molecule has 1 aromatic carbocycles. The minimum atomic E-state index is -0.00592. The molecule has 1 aliphatic rings. The van der Waals surface area contributed by atoms with Gasteiger partial charge in [0.25, 0.3) is 5.91 Å². The zero-order chi connectivity index (χ0) is 13.8. The average Bonchev–Trinajstić information content (AvgIpc) is 2.46. The van der Waals surface area contributed by atoms with Crippen molar-refractivity contribution in [3.05, 3.63) is 29.8 Å². The molecule has 5 nitrogen and oxygen atoms in total. The van der Waals surface area contributed by atoms with Gasteiger partial charge in [0.1, 0.15) is 5.75 Å². The lowest BCUT2D eigenvalue weighted by atomic mass is 9.96. The number of hydrogen-bond acceptors (Lipinski definition) is 3. The third-order valence-electron chi connectivity index (χ3n) is 3.49. The van der Waals surface area contributed by atoms with Gasteiger partial charge < -0.3 is 15.4 Å². The van der Waals surface area contributed by atoms with Gasteiger partial charge in [-0.1, -0.05) is 0 Å². The Morgan fingerprint density at radius 1 is 1.42 bits per heavy atom. The molecule has 1 aliphatic heterocycles. The van der Waals surface area contributed by atoms with Crippen molar-refractivity contribution < 1.29 is 9.53 Å². The number of ether oxygens (including phenoxy) is 1. The number of amides is 1. The first kappa shape index (κ1) is 13.4. The number of hydrogen-bond donors (Lipinski definition) is 2. The molecule has 1 fully saturated rings. The van der Waals surface area contributed by atoms with Crippen LogP contribution >= 0.6 is 0 Å². The van der Waals surface area contributed by atoms with Crippen LogP contribution in [0.25, 0.3) is 0 Å². The summed E-state index contributed by atoms with van der Waals surface area (Å²) in [5.41, 5.74) is 6.18. The van der Waals surface area contributed by atoms with Crippen LogP contribution in [0.5, 0.6) is 5.75 Å². The second-order valence-electron chi connectivity index (χ2n) is 4.77. The van der Waals surface area contributed by atoms with Gasteiger partial charge >= 0.3 is 0 Å². The van der Waals surface area contributed by atoms with E-state index in [1.807, 2.05) is 0 Å². The summed E-state index contributed by atoms with van der Waals surface area (Å²) in [5, 5.41) is 7.50. The highest BCUT2D eigenvalue weighted by Crippen LogP contribution is 2.19. The Morgan fingerprint density at radius 3 is 2.68 bits per heavy atom. The van der Waals surface area contributed by atoms with Gasteiger partial charge in [-0.3, -0.25) is 10.2 Å². The van der Waals surface area contributed by atoms with E-state index in [-0.39, 0.29) is 17.7 Å². The number of likely N-dealkylation sites (tertiary alicyclic amines) is 1. The van der Waals surface area contributed by atoms with Gasteiger partial charge in [0.05, 0.1) is 12.9 Å². The topological polar surface area (TPSA) is 79.4 Å². The van der Waals surface area contributed by atoms with Crippen molar-refractivity contribution in [1.82, 2.24) is 4.90 Å². The monoisotopic (exact) mass is 261 g/mol. The summed E-state index contributed by atoms with van der Waals surface area (Å²) in [6.45, 7) is 1.27. The lowest BCUT2D eigenvalue weighted by Crippen LogP contribution is -2.43. The molecule has 0 saturated carbocycles. The maximum atomic E-state index is 12.3. The number of rotatable bonds is 3. The van der Waals surface area contributed by atoms with Crippen molar-refractivity contribution >= 4 is 11.7 Å². The van der Waals surface area contributed by atoms with Gasteiger partial charge in [-0.15, -0.1) is 0 Å². The molecule has 1 amide bonds. The van der Waals surface area contributed by atoms with Crippen LogP contribution in [0, 0.1) is 11.3 Å². The molecule has 0 aromatic heterocycles. The molecule has 1 aromatic rings. The van der Waals surface area contributed by atoms with Crippen LogP contribution in [-0.4, -0.2) is 36.8 Å². The summed E-state index contributed by atoms with van der Waals surface area (Å²) in [7, 11) is 1.60. The van der Waals surface area contributed by atoms with Crippen LogP contribution in [0.3, 0.4) is 0 Å². The lowest BCUT2D eigenvalue weighted by Gasteiger charge is -2.32. The highest BCUT2D eigenvalue weighted by Gasteiger charge is 2.25. The Labute approximate surface area is 112 Å². The van der Waals surface area contributed by atoms with Gasteiger partial charge in [-0.05, 0) is 37.1 Å². The van der Waals surface area contributed by atoms with E-state index >= 15 is 0 Å². The summed E-state index contributed by atoms with van der Waals surface area (Å²) in [4.78, 5) is 14.1. The number of piperidine rings is 1. The number of nitrogens with zero attached hydrogens (tertiary/aromatic N) is 1. The predicted octanol–water partition coefficient (Wildman–Crippen LogP) is 1.48. The summed E-state index contributed by atoms with van der Waals surface area (Å²) in [6, 6.07) is 7.08. The molecule has 3 N–H and O–H groups in total. The standard InChI is InChI=1S/C14H19N3O2/c1-19-12-6-4-10(5-7-12)14(18)17-8-2-3-11(9-17)13(15)16/h4-7,11H,2-3,8-9H2,1H3,(H3,15,16). The fourth-order valence-corrected chi connectivity index (χ4v) is 2.33. The molecular formula is C14H19N3O2. The molecule has 19 heavy (non-hydrogen) atoms. The van der Waals surface area contributed by atoms with Crippen LogP contribution in [0.2, 0.25) is 0 Å². The smallest absolute Gasteiger partial charge is 0.253 e. The number of amidine groups is 1. The number of nitrogens with one attached hydrogen (secondary N) is 1.